The summed E-state index contributed by atoms with van der Waals surface area (Å²) in [6.45, 7) is 5.96. The molecule has 138 valence electrons. The zero-order valence-electron chi connectivity index (χ0n) is 16.4. The molecule has 6 nitrogen and oxygen atoms in total. The van der Waals surface area contributed by atoms with E-state index in [2.05, 4.69) is 16.3 Å². The third-order valence-corrected chi connectivity index (χ3v) is 6.02. The van der Waals surface area contributed by atoms with Gasteiger partial charge in [0.2, 0.25) is 7.34 Å². The van der Waals surface area contributed by atoms with E-state index in [4.69, 9.17) is 6.54 Å². The van der Waals surface area contributed by atoms with Crippen LogP contribution in [0.3, 0.4) is 0 Å². The Bertz CT molecular complexity index is 836. The first-order chi connectivity index (χ1) is 13.0. The van der Waals surface area contributed by atoms with E-state index in [9.17, 15) is 9.59 Å². The smallest absolute Gasteiger partial charge is 0.261 e. The van der Waals surface area contributed by atoms with Crippen molar-refractivity contribution in [2.45, 2.75) is 31.9 Å². The summed E-state index contributed by atoms with van der Waals surface area (Å²) >= 11 is 0. The van der Waals surface area contributed by atoms with Gasteiger partial charge in [0, 0.05) is 43.3 Å². The van der Waals surface area contributed by atoms with Gasteiger partial charge in [-0.3, -0.25) is 14.5 Å². The maximum atomic E-state index is 12.9. The predicted molar refractivity (Wildman–Crippen MR) is 99.4 cm³/mol. The molecule has 4 rings (SSSR count). The van der Waals surface area contributed by atoms with Crippen molar-refractivity contribution in [1.29, 1.82) is 1.43 Å². The largest absolute Gasteiger partial charge is 0.375 e. The van der Waals surface area contributed by atoms with Gasteiger partial charge in [0.05, 0.1) is 5.92 Å². The normalized spacial score (nSPS) is 30.0. The number of carbonyl (C=O) groups is 2. The molecule has 0 saturated carbocycles. The Morgan fingerprint density at radius 2 is 2.23 bits per heavy atom. The highest BCUT2D eigenvalue weighted by molar-refractivity contribution is 6.08. The molecule has 3 atom stereocenters. The second-order valence-corrected chi connectivity index (χ2v) is 7.41. The van der Waals surface area contributed by atoms with Crippen LogP contribution in [0.15, 0.2) is 24.3 Å². The highest BCUT2D eigenvalue weighted by Crippen LogP contribution is 2.51. The molecule has 1 aliphatic carbocycles. The Morgan fingerprint density at radius 1 is 1.46 bits per heavy atom. The lowest BCUT2D eigenvalue weighted by molar-refractivity contribution is -0.137. The molecule has 26 heavy (non-hydrogen) atoms. The van der Waals surface area contributed by atoms with Gasteiger partial charge in [-0.2, -0.15) is 0 Å². The number of hydrogen-bond acceptors (Lipinski definition) is 4. The van der Waals surface area contributed by atoms with Crippen molar-refractivity contribution in [1.82, 2.24) is 9.80 Å². The summed E-state index contributed by atoms with van der Waals surface area (Å²) in [7, 11) is 1.97. The van der Waals surface area contributed by atoms with Crippen LogP contribution < -0.4 is 5.32 Å². The van der Waals surface area contributed by atoms with Crippen molar-refractivity contribution < 1.29 is 14.7 Å². The minimum Gasteiger partial charge on any atom is -0.375 e. The molecule has 2 aliphatic heterocycles. The molecule has 0 radical (unpaired) electrons. The topological polar surface area (TPSA) is 72.9 Å². The van der Waals surface area contributed by atoms with E-state index in [-0.39, 0.29) is 23.8 Å². The van der Waals surface area contributed by atoms with Crippen molar-refractivity contribution in [3.05, 3.63) is 35.4 Å². The van der Waals surface area contributed by atoms with Gasteiger partial charge in [-0.25, -0.2) is 0 Å². The standard InChI is InChI=1S/C20H25N3O3/c1-4-23(5-2)18(24)12-9-14-13-7-6-8-15-17(13)20(26,19(25)21-15)10-16(14)22(3)11-12/h6-9,12,16,26H,4-5,10-11H2,1-3H3,(H,21,25)/t12-,16-,20?/m1/s1/i26D. The van der Waals surface area contributed by atoms with Crippen molar-refractivity contribution in [3.63, 3.8) is 0 Å². The van der Waals surface area contributed by atoms with Gasteiger partial charge in [-0.05, 0) is 38.1 Å². The number of nitrogens with zero attached hydrogens (tertiary/aromatic N) is 2. The molecule has 0 aromatic heterocycles. The Kier molecular flexibility index (Phi) is 3.65. The molecule has 2 heterocycles. The van der Waals surface area contributed by atoms with E-state index in [1.165, 1.54) is 0 Å². The van der Waals surface area contributed by atoms with E-state index in [1.807, 2.05) is 44.0 Å². The molecule has 0 bridgehead atoms. The highest BCUT2D eigenvalue weighted by atomic mass is 16.3. The molecule has 1 aromatic carbocycles. The number of benzene rings is 1. The number of fused-ring (bicyclic) bond motifs is 2. The monoisotopic (exact) mass is 356 g/mol. The fourth-order valence-corrected chi connectivity index (χ4v) is 4.65. The first-order valence-corrected chi connectivity index (χ1v) is 9.27. The minimum atomic E-state index is -1.28. The number of nitrogens with one attached hydrogen (secondary N) is 1. The molecule has 1 unspecified atom stereocenters. The summed E-state index contributed by atoms with van der Waals surface area (Å²) in [4.78, 5) is 29.6. The second-order valence-electron chi connectivity index (χ2n) is 7.41. The molecule has 0 spiro atoms. The van der Waals surface area contributed by atoms with Crippen LogP contribution in [0.2, 0.25) is 0 Å². The second kappa shape index (κ2) is 5.93. The van der Waals surface area contributed by atoms with Crippen molar-refractivity contribution in [3.8, 4) is 0 Å². The number of carbonyl (C=O) groups excluding carboxylic acids is 2. The maximum absolute atomic E-state index is 12.9. The Hall–Kier alpha value is -2.18. The van der Waals surface area contributed by atoms with Crippen LogP contribution >= 0.6 is 0 Å². The lowest BCUT2D eigenvalue weighted by atomic mass is 9.72. The lowest BCUT2D eigenvalue weighted by Crippen LogP contribution is -2.51. The summed E-state index contributed by atoms with van der Waals surface area (Å²) in [6, 6.07) is 5.63. The van der Waals surface area contributed by atoms with Gasteiger partial charge in [-0.1, -0.05) is 18.2 Å². The first-order valence-electron chi connectivity index (χ1n) is 9.68. The molecule has 0 fully saturated rings. The molecule has 0 saturated heterocycles. The third kappa shape index (κ3) is 2.25. The van der Waals surface area contributed by atoms with E-state index >= 15 is 0 Å². The Balaban J connectivity index is 1.83. The quantitative estimate of drug-likeness (QED) is 0.856. The number of likely N-dealkylation sites (N-methyl/N-ethyl adjacent to an activating group) is 1. The first kappa shape index (κ1) is 16.0. The van der Waals surface area contributed by atoms with Gasteiger partial charge in [0.1, 0.15) is 0 Å². The SMILES string of the molecule is [2H]OC12C[C@@H]3C(=C[C@@H](C(=O)N(CC)CC)CN3C)c3cccc(c31)NC2=O. The zero-order valence-corrected chi connectivity index (χ0v) is 15.4. The molecular formula is C20H25N3O3. The van der Waals surface area contributed by atoms with Crippen molar-refractivity contribution in [2.24, 2.45) is 5.92 Å². The Morgan fingerprint density at radius 3 is 2.92 bits per heavy atom. The fraction of sp³-hybridized carbons (Fsp3) is 0.500. The number of anilines is 1. The van der Waals surface area contributed by atoms with E-state index in [0.717, 1.165) is 16.7 Å². The van der Waals surface area contributed by atoms with Gasteiger partial charge in [-0.15, -0.1) is 0 Å². The fourth-order valence-electron chi connectivity index (χ4n) is 4.65. The summed E-state index contributed by atoms with van der Waals surface area (Å²) in [5.41, 5.74) is 2.10. The number of amides is 2. The molecule has 1 aromatic rings. The minimum absolute atomic E-state index is 0.0669. The van der Waals surface area contributed by atoms with E-state index < -0.39 is 5.60 Å². The highest BCUT2D eigenvalue weighted by Gasteiger charge is 2.53. The van der Waals surface area contributed by atoms with Crippen LogP contribution in [0.1, 0.15) is 31.4 Å². The summed E-state index contributed by atoms with van der Waals surface area (Å²) in [5, 5.41) is 7.93. The van der Waals surface area contributed by atoms with Gasteiger partial charge >= 0.3 is 0 Å². The molecule has 2 N–H and O–H groups in total. The lowest BCUT2D eigenvalue weighted by Gasteiger charge is -2.44. The van der Waals surface area contributed by atoms with E-state index in [0.29, 0.717) is 31.7 Å². The van der Waals surface area contributed by atoms with Crippen LogP contribution in [-0.4, -0.2) is 60.9 Å². The number of aliphatic hydroxyl groups is 1. The van der Waals surface area contributed by atoms with Crippen molar-refractivity contribution in [2.75, 3.05) is 32.0 Å². The van der Waals surface area contributed by atoms with Gasteiger partial charge in [0.15, 0.2) is 5.60 Å². The van der Waals surface area contributed by atoms with Gasteiger partial charge < -0.3 is 15.3 Å². The Labute approximate surface area is 155 Å². The molecular weight excluding hydrogens is 330 g/mol. The van der Waals surface area contributed by atoms with Crippen molar-refractivity contribution >= 4 is 23.1 Å². The zero-order chi connectivity index (χ0) is 19.3. The predicted octanol–water partition coefficient (Wildman–Crippen LogP) is 1.41. The van der Waals surface area contributed by atoms with E-state index in [1.54, 1.807) is 0 Å². The van der Waals surface area contributed by atoms with Crippen LogP contribution in [-0.2, 0) is 15.2 Å². The molecule has 6 heteroatoms. The van der Waals surface area contributed by atoms with Crippen LogP contribution in [0, 0.1) is 5.92 Å². The number of hydrogen-bond donors (Lipinski definition) is 2. The van der Waals surface area contributed by atoms with Crippen LogP contribution in [0.4, 0.5) is 5.69 Å². The summed E-state index contributed by atoms with van der Waals surface area (Å²) in [5.74, 6) is -0.367. The summed E-state index contributed by atoms with van der Waals surface area (Å²) in [6.07, 6.45) is 2.44. The average molecular weight is 356 g/mol. The average Bonchev–Trinajstić information content (AvgIpc) is 2.96. The maximum Gasteiger partial charge on any atom is 0.261 e. The van der Waals surface area contributed by atoms with Crippen LogP contribution in [0.5, 0.6) is 0 Å². The number of rotatable bonds is 4. The van der Waals surface area contributed by atoms with Crippen LogP contribution in [0.25, 0.3) is 5.57 Å². The third-order valence-electron chi connectivity index (χ3n) is 6.02. The van der Waals surface area contributed by atoms with Gasteiger partial charge in [0.25, 0.3) is 5.91 Å². The molecule has 2 amide bonds. The molecule has 3 aliphatic rings. The summed E-state index contributed by atoms with van der Waals surface area (Å²) < 4.78 is 7.67.